The van der Waals surface area contributed by atoms with Crippen molar-refractivity contribution < 1.29 is 0 Å². The van der Waals surface area contributed by atoms with Crippen LogP contribution in [-0.2, 0) is 10.8 Å². The summed E-state index contributed by atoms with van der Waals surface area (Å²) in [5.74, 6) is 0. The number of fused-ring (bicyclic) bond motifs is 2. The second kappa shape index (κ2) is 7.08. The van der Waals surface area contributed by atoms with E-state index in [1.165, 1.54) is 68.3 Å². The average Bonchev–Trinajstić information content (AvgIpc) is 3.24. The summed E-state index contributed by atoms with van der Waals surface area (Å²) in [7, 11) is 0. The normalized spacial score (nSPS) is 17.1. The molecule has 0 atom stereocenters. The molecule has 5 rings (SSSR count). The van der Waals surface area contributed by atoms with Crippen LogP contribution in [0.1, 0.15) is 101 Å². The van der Waals surface area contributed by atoms with Gasteiger partial charge in [0.2, 0.25) is 0 Å². The van der Waals surface area contributed by atoms with Gasteiger partial charge in [-0.05, 0) is 122 Å². The molecule has 3 aliphatic rings. The summed E-state index contributed by atoms with van der Waals surface area (Å²) in [5.41, 5.74) is 12.3. The van der Waals surface area contributed by atoms with Crippen LogP contribution in [0.2, 0.25) is 0 Å². The van der Waals surface area contributed by atoms with Crippen LogP contribution in [0.4, 0.5) is 0 Å². The topological polar surface area (TPSA) is 0 Å². The van der Waals surface area contributed by atoms with E-state index in [-0.39, 0.29) is 10.8 Å². The Morgan fingerprint density at radius 1 is 0.844 bits per heavy atom. The van der Waals surface area contributed by atoms with Gasteiger partial charge in [-0.1, -0.05) is 71.4 Å². The Morgan fingerprint density at radius 2 is 1.56 bits per heavy atom. The summed E-state index contributed by atoms with van der Waals surface area (Å²) in [6, 6.07) is 4.98. The van der Waals surface area contributed by atoms with Crippen molar-refractivity contribution in [3.05, 3.63) is 84.6 Å². The van der Waals surface area contributed by atoms with Crippen molar-refractivity contribution in [1.29, 1.82) is 0 Å². The molecule has 0 N–H and O–H groups in total. The molecule has 0 amide bonds. The van der Waals surface area contributed by atoms with E-state index in [1.807, 2.05) is 0 Å². The van der Waals surface area contributed by atoms with Gasteiger partial charge in [-0.15, -0.1) is 0 Å². The van der Waals surface area contributed by atoms with E-state index in [0.29, 0.717) is 0 Å². The molecule has 0 aromatic heterocycles. The lowest BCUT2D eigenvalue weighted by Crippen LogP contribution is -2.31. The fourth-order valence-corrected chi connectivity index (χ4v) is 6.29. The summed E-state index contributed by atoms with van der Waals surface area (Å²) >= 11 is 0. The lowest BCUT2D eigenvalue weighted by atomic mass is 9.74. The van der Waals surface area contributed by atoms with Gasteiger partial charge in [-0.2, -0.15) is 0 Å². The van der Waals surface area contributed by atoms with Gasteiger partial charge in [0.1, 0.15) is 0 Å². The summed E-state index contributed by atoms with van der Waals surface area (Å²) in [4.78, 5) is 0. The quantitative estimate of drug-likeness (QED) is 0.396. The van der Waals surface area contributed by atoms with Crippen molar-refractivity contribution in [3.63, 3.8) is 0 Å². The third kappa shape index (κ3) is 3.18. The summed E-state index contributed by atoms with van der Waals surface area (Å²) < 4.78 is 0. The van der Waals surface area contributed by atoms with Crippen molar-refractivity contribution in [3.8, 4) is 0 Å². The molecule has 0 saturated heterocycles. The zero-order valence-electron chi connectivity index (χ0n) is 21.3. The zero-order chi connectivity index (χ0) is 23.0. The van der Waals surface area contributed by atoms with Crippen molar-refractivity contribution in [2.24, 2.45) is 0 Å². The molecule has 0 unspecified atom stereocenters. The third-order valence-electron chi connectivity index (χ3n) is 7.72. The fraction of sp³-hybridized carbons (Fsp3) is 0.438. The predicted molar refractivity (Wildman–Crippen MR) is 139 cm³/mol. The van der Waals surface area contributed by atoms with Crippen molar-refractivity contribution >= 4 is 17.2 Å². The minimum Gasteiger partial charge on any atom is -0.0801 e. The predicted octanol–water partition coefficient (Wildman–Crippen LogP) is 7.01. The van der Waals surface area contributed by atoms with Crippen LogP contribution in [0.5, 0.6) is 0 Å². The molecular weight excluding hydrogens is 384 g/mol. The van der Waals surface area contributed by atoms with Crippen LogP contribution >= 0.6 is 0 Å². The maximum absolute atomic E-state index is 2.53. The van der Waals surface area contributed by atoms with Crippen LogP contribution in [0, 0.1) is 24.3 Å². The minimum absolute atomic E-state index is 0.110. The van der Waals surface area contributed by atoms with E-state index in [2.05, 4.69) is 91.8 Å². The van der Waals surface area contributed by atoms with Crippen LogP contribution in [0.3, 0.4) is 0 Å². The SMILES string of the molecule is Cc1cc2c(cc1C(C)(C)C)=c1c(c(C3=CC=CC3)c(C)c(C(C)(C)C)c1=C1CCC1)C=2. The molecule has 0 heteroatoms. The van der Waals surface area contributed by atoms with Gasteiger partial charge >= 0.3 is 0 Å². The third-order valence-corrected chi connectivity index (χ3v) is 7.72. The summed E-state index contributed by atoms with van der Waals surface area (Å²) in [6.07, 6.45) is 14.3. The molecule has 166 valence electrons. The minimum atomic E-state index is 0.110. The highest BCUT2D eigenvalue weighted by Gasteiger charge is 2.28. The number of rotatable bonds is 1. The average molecular weight is 423 g/mol. The number of hydrogen-bond acceptors (Lipinski definition) is 0. The molecule has 1 saturated carbocycles. The molecule has 32 heavy (non-hydrogen) atoms. The van der Waals surface area contributed by atoms with Gasteiger partial charge in [0.05, 0.1) is 0 Å². The first-order chi connectivity index (χ1) is 15.0. The number of benzene rings is 2. The second-order valence-corrected chi connectivity index (χ2v) is 12.2. The first-order valence-electron chi connectivity index (χ1n) is 12.4. The van der Waals surface area contributed by atoms with Gasteiger partial charge in [0, 0.05) is 0 Å². The first-order valence-corrected chi connectivity index (χ1v) is 12.4. The molecule has 1 fully saturated rings. The molecule has 2 aromatic carbocycles. The molecule has 0 radical (unpaired) electrons. The Morgan fingerprint density at radius 3 is 2.09 bits per heavy atom. The molecule has 2 aromatic rings. The van der Waals surface area contributed by atoms with Crippen LogP contribution in [0.15, 0.2) is 30.4 Å². The highest BCUT2D eigenvalue weighted by molar-refractivity contribution is 5.82. The smallest absolute Gasteiger partial charge is 0.00237 e. The second-order valence-electron chi connectivity index (χ2n) is 12.2. The maximum atomic E-state index is 2.53. The van der Waals surface area contributed by atoms with Crippen molar-refractivity contribution in [2.45, 2.75) is 91.9 Å². The van der Waals surface area contributed by atoms with Crippen LogP contribution < -0.4 is 10.4 Å². The molecule has 0 heterocycles. The lowest BCUT2D eigenvalue weighted by Gasteiger charge is -2.30. The molecular formula is C32H38. The largest absolute Gasteiger partial charge is 0.0801 e. The number of allylic oxidation sites excluding steroid dienone is 4. The van der Waals surface area contributed by atoms with Crippen LogP contribution in [-0.4, -0.2) is 0 Å². The Balaban J connectivity index is 2.08. The lowest BCUT2D eigenvalue weighted by molar-refractivity contribution is 0.577. The van der Waals surface area contributed by atoms with E-state index in [1.54, 1.807) is 16.4 Å². The van der Waals surface area contributed by atoms with E-state index < -0.39 is 0 Å². The molecule has 0 aliphatic heterocycles. The van der Waals surface area contributed by atoms with Crippen molar-refractivity contribution in [2.75, 3.05) is 0 Å². The highest BCUT2D eigenvalue weighted by Crippen LogP contribution is 2.38. The molecule has 3 aliphatic carbocycles. The summed E-state index contributed by atoms with van der Waals surface area (Å²) in [6.45, 7) is 18.9. The zero-order valence-corrected chi connectivity index (χ0v) is 21.3. The van der Waals surface area contributed by atoms with Gasteiger partial charge < -0.3 is 0 Å². The van der Waals surface area contributed by atoms with Gasteiger partial charge in [-0.25, -0.2) is 0 Å². The number of aryl methyl sites for hydroxylation is 1. The summed E-state index contributed by atoms with van der Waals surface area (Å²) in [5, 5.41) is 5.98. The highest BCUT2D eigenvalue weighted by atomic mass is 14.3. The van der Waals surface area contributed by atoms with E-state index >= 15 is 0 Å². The van der Waals surface area contributed by atoms with Crippen LogP contribution in [0.25, 0.3) is 17.2 Å². The van der Waals surface area contributed by atoms with Crippen molar-refractivity contribution in [1.82, 2.24) is 0 Å². The molecule has 0 nitrogen and oxygen atoms in total. The fourth-order valence-electron chi connectivity index (χ4n) is 6.29. The van der Waals surface area contributed by atoms with E-state index in [9.17, 15) is 0 Å². The number of hydrogen-bond donors (Lipinski definition) is 0. The maximum Gasteiger partial charge on any atom is -0.00237 e. The van der Waals surface area contributed by atoms with Gasteiger partial charge in [0.15, 0.2) is 0 Å². The Kier molecular flexibility index (Phi) is 4.76. The first kappa shape index (κ1) is 21.5. The molecule has 0 bridgehead atoms. The van der Waals surface area contributed by atoms with E-state index in [0.717, 1.165) is 6.42 Å². The molecule has 0 spiro atoms. The van der Waals surface area contributed by atoms with E-state index in [4.69, 9.17) is 0 Å². The standard InChI is InChI=1S/C32H38/c1-19-16-23-17-25-27(21-12-9-10-13-21)20(2)30(32(6,7)8)28(22-14-11-15-22)29(25)24(23)18-26(19)31(3,4)5/h9-10,12,16-18H,11,13-15H2,1-8H3. The Hall–Kier alpha value is -2.34. The monoisotopic (exact) mass is 422 g/mol. The Labute approximate surface area is 193 Å². The Bertz CT molecular complexity index is 1420. The van der Waals surface area contributed by atoms with Gasteiger partial charge in [0.25, 0.3) is 0 Å². The van der Waals surface area contributed by atoms with Gasteiger partial charge in [-0.3, -0.25) is 0 Å².